The van der Waals surface area contributed by atoms with Crippen LogP contribution in [-0.4, -0.2) is 0 Å². The van der Waals surface area contributed by atoms with Gasteiger partial charge in [-0.25, -0.2) is 0 Å². The van der Waals surface area contributed by atoms with Crippen molar-refractivity contribution in [1.29, 1.82) is 0 Å². The van der Waals surface area contributed by atoms with E-state index in [2.05, 4.69) is 0 Å². The van der Waals surface area contributed by atoms with Crippen molar-refractivity contribution < 1.29 is 4.11 Å². The predicted molar refractivity (Wildman–Crippen MR) is 56.6 cm³/mol. The minimum Gasteiger partial charge on any atom is -0.0622 e. The predicted octanol–water partition coefficient (Wildman–Crippen LogP) is 3.66. The summed E-state index contributed by atoms with van der Waals surface area (Å²) >= 11 is 0. The van der Waals surface area contributed by atoms with Crippen molar-refractivity contribution in [2.45, 2.75) is 6.92 Å². The second-order valence-electron chi connectivity index (χ2n) is 2.94. The fraction of sp³-hybridized carbons (Fsp3) is 0.0769. The molecule has 0 saturated carbocycles. The van der Waals surface area contributed by atoms with Crippen LogP contribution in [0.2, 0.25) is 0 Å². The smallest absolute Gasteiger partial charge is 0.0622 e. The van der Waals surface area contributed by atoms with Crippen LogP contribution in [0.15, 0.2) is 54.5 Å². The molecule has 0 bridgehead atoms. The Hall–Kier alpha value is -1.56. The maximum atomic E-state index is 7.77. The highest BCUT2D eigenvalue weighted by Gasteiger charge is 1.97. The Balaban J connectivity index is 2.68. The van der Waals surface area contributed by atoms with E-state index in [0.717, 1.165) is 16.7 Å². The summed E-state index contributed by atoms with van der Waals surface area (Å²) in [7, 11) is 0. The molecule has 0 aromatic heterocycles. The molecular formula is C13H12. The second-order valence-corrected chi connectivity index (χ2v) is 2.94. The average Bonchev–Trinajstić information content (AvgIpc) is 2.32. The molecule has 0 atom stereocenters. The molecule has 0 aliphatic heterocycles. The third-order valence-corrected chi connectivity index (χ3v) is 2.03. The first-order valence-electron chi connectivity index (χ1n) is 5.74. The van der Waals surface area contributed by atoms with Gasteiger partial charge < -0.3 is 0 Å². The first-order chi connectivity index (χ1) is 7.61. The van der Waals surface area contributed by atoms with Crippen molar-refractivity contribution in [1.82, 2.24) is 0 Å². The number of hydrogen-bond donors (Lipinski definition) is 0. The number of rotatable bonds is 1. The fourth-order valence-corrected chi connectivity index (χ4v) is 1.33. The topological polar surface area (TPSA) is 0 Å². The Bertz CT molecular complexity index is 518. The Kier molecular flexibility index (Phi) is 1.38. The van der Waals surface area contributed by atoms with Gasteiger partial charge in [0.1, 0.15) is 0 Å². The third-order valence-electron chi connectivity index (χ3n) is 2.03. The summed E-state index contributed by atoms with van der Waals surface area (Å²) in [5.74, 6) is 0. The van der Waals surface area contributed by atoms with Crippen LogP contribution in [0, 0.1) is 6.92 Å². The highest BCUT2D eigenvalue weighted by Crippen LogP contribution is 2.21. The van der Waals surface area contributed by atoms with Crippen LogP contribution in [0.5, 0.6) is 0 Å². The molecule has 2 aromatic carbocycles. The summed E-state index contributed by atoms with van der Waals surface area (Å²) in [6, 6.07) is 11.6. The van der Waals surface area contributed by atoms with E-state index in [1.54, 1.807) is 6.07 Å². The molecule has 0 heteroatoms. The molecule has 0 amide bonds. The molecule has 0 aliphatic carbocycles. The molecule has 0 aliphatic rings. The van der Waals surface area contributed by atoms with Crippen molar-refractivity contribution in [2.24, 2.45) is 0 Å². The van der Waals surface area contributed by atoms with E-state index in [-0.39, 0.29) is 18.1 Å². The molecule has 0 heterocycles. The summed E-state index contributed by atoms with van der Waals surface area (Å²) in [5.41, 5.74) is 2.61. The summed E-state index contributed by atoms with van der Waals surface area (Å²) in [5, 5.41) is 0. The third kappa shape index (κ3) is 1.62. The second kappa shape index (κ2) is 3.44. The molecule has 0 N–H and O–H groups in total. The summed E-state index contributed by atoms with van der Waals surface area (Å²) in [6.07, 6.45) is 0. The van der Waals surface area contributed by atoms with Gasteiger partial charge in [0.2, 0.25) is 0 Å². The lowest BCUT2D eigenvalue weighted by atomic mass is 10.0. The van der Waals surface area contributed by atoms with Gasteiger partial charge in [-0.2, -0.15) is 0 Å². The maximum absolute atomic E-state index is 7.77. The zero-order valence-electron chi connectivity index (χ0n) is 10.5. The molecular weight excluding hydrogens is 156 g/mol. The van der Waals surface area contributed by atoms with Gasteiger partial charge in [-0.05, 0) is 23.6 Å². The van der Waals surface area contributed by atoms with Gasteiger partial charge in [-0.15, -0.1) is 0 Å². The normalized spacial score (nSPS) is 13.2. The van der Waals surface area contributed by atoms with Crippen molar-refractivity contribution in [3.8, 4) is 11.1 Å². The Morgan fingerprint density at radius 3 is 2.54 bits per heavy atom. The van der Waals surface area contributed by atoms with Crippen LogP contribution < -0.4 is 0 Å². The molecule has 0 spiro atoms. The van der Waals surface area contributed by atoms with E-state index < -0.39 is 0 Å². The zero-order chi connectivity index (χ0) is 11.7. The van der Waals surface area contributed by atoms with Gasteiger partial charge in [-0.1, -0.05) is 54.5 Å². The Morgan fingerprint density at radius 2 is 1.77 bits per heavy atom. The first kappa shape index (κ1) is 5.23. The van der Waals surface area contributed by atoms with E-state index in [0.29, 0.717) is 0 Å². The molecule has 0 radical (unpaired) electrons. The summed E-state index contributed by atoms with van der Waals surface area (Å²) in [6.45, 7) is 1.82. The largest absolute Gasteiger partial charge is 0.0626 e. The quantitative estimate of drug-likeness (QED) is 0.614. The van der Waals surface area contributed by atoms with Crippen LogP contribution >= 0.6 is 0 Å². The molecule has 0 fully saturated rings. The molecule has 2 aromatic rings. The minimum atomic E-state index is -0.00261. The van der Waals surface area contributed by atoms with Gasteiger partial charge in [-0.3, -0.25) is 0 Å². The number of hydrogen-bond acceptors (Lipinski definition) is 0. The zero-order valence-corrected chi connectivity index (χ0v) is 7.46. The molecule has 0 unspecified atom stereocenters. The van der Waals surface area contributed by atoms with Crippen molar-refractivity contribution in [3.63, 3.8) is 0 Å². The molecule has 2 rings (SSSR count). The van der Waals surface area contributed by atoms with E-state index in [1.165, 1.54) is 0 Å². The lowest BCUT2D eigenvalue weighted by molar-refractivity contribution is 1.46. The van der Waals surface area contributed by atoms with Gasteiger partial charge >= 0.3 is 0 Å². The van der Waals surface area contributed by atoms with Gasteiger partial charge in [0.05, 0.1) is 4.11 Å². The van der Waals surface area contributed by atoms with E-state index >= 15 is 0 Å². The van der Waals surface area contributed by atoms with E-state index in [1.807, 2.05) is 37.3 Å². The van der Waals surface area contributed by atoms with Gasteiger partial charge in [0.25, 0.3) is 0 Å². The summed E-state index contributed by atoms with van der Waals surface area (Å²) < 4.78 is 23.0. The van der Waals surface area contributed by atoms with Crippen LogP contribution in [0.25, 0.3) is 11.1 Å². The van der Waals surface area contributed by atoms with Crippen molar-refractivity contribution >= 4 is 0 Å². The van der Waals surface area contributed by atoms with E-state index in [4.69, 9.17) is 4.11 Å². The molecule has 0 nitrogen and oxygen atoms in total. The van der Waals surface area contributed by atoms with Crippen LogP contribution in [-0.2, 0) is 0 Å². The van der Waals surface area contributed by atoms with Crippen LogP contribution in [0.3, 0.4) is 0 Å². The molecule has 13 heavy (non-hydrogen) atoms. The highest BCUT2D eigenvalue weighted by molar-refractivity contribution is 5.66. The Morgan fingerprint density at radius 1 is 1.00 bits per heavy atom. The van der Waals surface area contributed by atoms with Crippen LogP contribution in [0.4, 0.5) is 0 Å². The monoisotopic (exact) mass is 171 g/mol. The molecule has 64 valence electrons. The first-order valence-corrected chi connectivity index (χ1v) is 4.24. The fourth-order valence-electron chi connectivity index (χ4n) is 1.33. The van der Waals surface area contributed by atoms with Crippen molar-refractivity contribution in [3.05, 3.63) is 60.1 Å². The maximum Gasteiger partial charge on any atom is 0.0626 e. The SMILES string of the molecule is [2H]c1cc(-c2ccccc2)c(C)c([2H])c1[2H]. The number of benzene rings is 2. The lowest BCUT2D eigenvalue weighted by Crippen LogP contribution is -1.80. The van der Waals surface area contributed by atoms with Crippen molar-refractivity contribution in [2.75, 3.05) is 0 Å². The van der Waals surface area contributed by atoms with Gasteiger partial charge in [0, 0.05) is 0 Å². The summed E-state index contributed by atoms with van der Waals surface area (Å²) in [4.78, 5) is 0. The van der Waals surface area contributed by atoms with Gasteiger partial charge in [0.15, 0.2) is 0 Å². The average molecular weight is 171 g/mol. The lowest BCUT2D eigenvalue weighted by Gasteiger charge is -2.04. The molecule has 0 saturated heterocycles. The highest BCUT2D eigenvalue weighted by atomic mass is 14.0. The standard InChI is InChI=1S/C13H12/c1-11-7-5-6-10-13(11)12-8-3-2-4-9-12/h2-10H,1H3/i5D,6D,7D. The van der Waals surface area contributed by atoms with E-state index in [9.17, 15) is 0 Å². The van der Waals surface area contributed by atoms with Crippen LogP contribution in [0.1, 0.15) is 9.68 Å². The Labute approximate surface area is 83.1 Å². The minimum absolute atomic E-state index is 0.00261.